The van der Waals surface area contributed by atoms with E-state index in [2.05, 4.69) is 27.5 Å². The fourth-order valence-electron chi connectivity index (χ4n) is 3.99. The Morgan fingerprint density at radius 2 is 1.76 bits per heavy atom. The maximum atomic E-state index is 13.0. The highest BCUT2D eigenvalue weighted by molar-refractivity contribution is 5.80. The van der Waals surface area contributed by atoms with Crippen LogP contribution in [-0.2, 0) is 13.0 Å². The van der Waals surface area contributed by atoms with E-state index in [1.807, 2.05) is 48.5 Å². The summed E-state index contributed by atoms with van der Waals surface area (Å²) >= 11 is 0. The van der Waals surface area contributed by atoms with Gasteiger partial charge >= 0.3 is 5.69 Å². The molecule has 0 radical (unpaired) electrons. The summed E-state index contributed by atoms with van der Waals surface area (Å²) in [5.41, 5.74) is 4.60. The highest BCUT2D eigenvalue weighted by Gasteiger charge is 2.16. The summed E-state index contributed by atoms with van der Waals surface area (Å²) in [6.07, 6.45) is 5.99. The number of aromatic nitrogens is 6. The summed E-state index contributed by atoms with van der Waals surface area (Å²) in [5, 5.41) is 14.2. The zero-order valence-corrected chi connectivity index (χ0v) is 19.0. The number of aromatic amines is 1. The molecule has 4 aromatic rings. The quantitative estimate of drug-likeness (QED) is 0.388. The zero-order valence-electron chi connectivity index (χ0n) is 19.0. The molecule has 2 aromatic heterocycles. The number of imidazole rings is 1. The van der Waals surface area contributed by atoms with Crippen molar-refractivity contribution in [1.82, 2.24) is 29.8 Å². The Kier molecular flexibility index (Phi) is 6.92. The molecule has 0 spiro atoms. The van der Waals surface area contributed by atoms with Gasteiger partial charge in [0.05, 0.1) is 6.54 Å². The largest absolute Gasteiger partial charge is 0.335 e. The zero-order chi connectivity index (χ0) is 23.2. The van der Waals surface area contributed by atoms with E-state index in [1.54, 1.807) is 17.7 Å². The molecule has 0 fully saturated rings. The molecule has 8 nitrogen and oxygen atoms in total. The third-order valence-corrected chi connectivity index (χ3v) is 5.80. The predicted octanol–water partition coefficient (Wildman–Crippen LogP) is 4.33. The molecular formula is C25H28N6O2. The lowest BCUT2D eigenvalue weighted by molar-refractivity contribution is 0.0904. The minimum absolute atomic E-state index is 0.177. The lowest BCUT2D eigenvalue weighted by Gasteiger charge is -2.10. The van der Waals surface area contributed by atoms with E-state index in [1.165, 1.54) is 4.57 Å². The Hall–Kier alpha value is -3.81. The van der Waals surface area contributed by atoms with Gasteiger partial charge < -0.3 is 0 Å². The van der Waals surface area contributed by atoms with Crippen molar-refractivity contribution in [1.29, 1.82) is 0 Å². The number of hydrogen-bond acceptors (Lipinski definition) is 5. The third-order valence-electron chi connectivity index (χ3n) is 5.80. The maximum absolute atomic E-state index is 13.0. The number of nitrogens with one attached hydrogen (secondary N) is 1. The molecule has 0 atom stereocenters. The van der Waals surface area contributed by atoms with Crippen LogP contribution in [0.4, 0.5) is 0 Å². The number of H-pyrrole nitrogens is 1. The number of nitrogens with zero attached hydrogens (tertiary/aromatic N) is 5. The van der Waals surface area contributed by atoms with E-state index in [4.69, 9.17) is 0 Å². The average molecular weight is 445 g/mol. The lowest BCUT2D eigenvalue weighted by Crippen LogP contribution is -2.29. The van der Waals surface area contributed by atoms with E-state index in [0.29, 0.717) is 18.8 Å². The summed E-state index contributed by atoms with van der Waals surface area (Å²) in [7, 11) is 0. The Morgan fingerprint density at radius 1 is 1.00 bits per heavy atom. The first kappa shape index (κ1) is 22.4. The molecule has 2 aromatic carbocycles. The molecule has 0 unspecified atom stereocenters. The molecule has 170 valence electrons. The first-order chi connectivity index (χ1) is 16.1. The minimum Gasteiger partial charge on any atom is -0.292 e. The van der Waals surface area contributed by atoms with E-state index in [9.17, 15) is 9.59 Å². The van der Waals surface area contributed by atoms with Crippen molar-refractivity contribution < 1.29 is 4.79 Å². The maximum Gasteiger partial charge on any atom is 0.335 e. The second-order valence-corrected chi connectivity index (χ2v) is 8.06. The van der Waals surface area contributed by atoms with Crippen molar-refractivity contribution in [2.45, 2.75) is 52.5 Å². The molecule has 33 heavy (non-hydrogen) atoms. The van der Waals surface area contributed by atoms with Crippen LogP contribution in [0.5, 0.6) is 0 Å². The molecule has 0 aliphatic carbocycles. The summed E-state index contributed by atoms with van der Waals surface area (Å²) in [5.74, 6) is 0.434. The van der Waals surface area contributed by atoms with E-state index in [-0.39, 0.29) is 11.6 Å². The second kappa shape index (κ2) is 10.2. The van der Waals surface area contributed by atoms with Crippen LogP contribution in [0.15, 0.2) is 59.5 Å². The summed E-state index contributed by atoms with van der Waals surface area (Å²) in [6, 6.07) is 16.0. The topological polar surface area (TPSA) is 98.5 Å². The van der Waals surface area contributed by atoms with Gasteiger partial charge in [-0.05, 0) is 40.0 Å². The van der Waals surface area contributed by atoms with Gasteiger partial charge in [-0.15, -0.1) is 5.10 Å². The van der Waals surface area contributed by atoms with Crippen molar-refractivity contribution in [3.8, 4) is 22.5 Å². The van der Waals surface area contributed by atoms with Crippen LogP contribution in [0, 0.1) is 0 Å². The smallest absolute Gasteiger partial charge is 0.292 e. The number of tetrazole rings is 1. The molecule has 8 heteroatoms. The predicted molar refractivity (Wildman–Crippen MR) is 127 cm³/mol. The van der Waals surface area contributed by atoms with Gasteiger partial charge in [0.1, 0.15) is 0 Å². The van der Waals surface area contributed by atoms with Crippen LogP contribution >= 0.6 is 0 Å². The van der Waals surface area contributed by atoms with Gasteiger partial charge in [0.15, 0.2) is 5.82 Å². The number of aryl methyl sites for hydroxylation is 1. The van der Waals surface area contributed by atoms with E-state index >= 15 is 0 Å². The molecule has 1 N–H and O–H groups in total. The average Bonchev–Trinajstić information content (AvgIpc) is 3.49. The van der Waals surface area contributed by atoms with Gasteiger partial charge in [-0.3, -0.25) is 9.36 Å². The molecule has 0 aliphatic rings. The van der Waals surface area contributed by atoms with Gasteiger partial charge in [0, 0.05) is 23.9 Å². The van der Waals surface area contributed by atoms with Crippen LogP contribution in [0.25, 0.3) is 22.5 Å². The van der Waals surface area contributed by atoms with Gasteiger partial charge in [-0.1, -0.05) is 75.2 Å². The Bertz CT molecular complexity index is 1270. The molecule has 0 saturated carbocycles. The van der Waals surface area contributed by atoms with Crippen molar-refractivity contribution in [2.24, 2.45) is 0 Å². The highest BCUT2D eigenvalue weighted by atomic mass is 16.2. The molecule has 0 saturated heterocycles. The van der Waals surface area contributed by atoms with Crippen molar-refractivity contribution in [2.75, 3.05) is 0 Å². The van der Waals surface area contributed by atoms with Crippen LogP contribution in [-0.4, -0.2) is 35.7 Å². The van der Waals surface area contributed by atoms with Gasteiger partial charge in [-0.25, -0.2) is 14.5 Å². The van der Waals surface area contributed by atoms with Crippen molar-refractivity contribution in [3.05, 3.63) is 76.5 Å². The minimum atomic E-state index is -0.263. The number of hydrogen-bond donors (Lipinski definition) is 1. The summed E-state index contributed by atoms with van der Waals surface area (Å²) in [4.78, 5) is 25.2. The molecule has 0 aliphatic heterocycles. The highest BCUT2D eigenvalue weighted by Crippen LogP contribution is 2.29. The number of carbonyl (C=O) groups is 1. The number of rotatable bonds is 9. The van der Waals surface area contributed by atoms with Crippen LogP contribution in [0.3, 0.4) is 0 Å². The molecular weight excluding hydrogens is 416 g/mol. The lowest BCUT2D eigenvalue weighted by atomic mass is 9.98. The van der Waals surface area contributed by atoms with E-state index < -0.39 is 0 Å². The van der Waals surface area contributed by atoms with Gasteiger partial charge in [0.2, 0.25) is 5.91 Å². The number of carbonyl (C=O) groups excluding carboxylic acids is 1. The Morgan fingerprint density at radius 3 is 2.42 bits per heavy atom. The Balaban J connectivity index is 1.62. The first-order valence-corrected chi connectivity index (χ1v) is 11.4. The normalized spacial score (nSPS) is 11.1. The van der Waals surface area contributed by atoms with Gasteiger partial charge in [-0.2, -0.15) is 0 Å². The van der Waals surface area contributed by atoms with E-state index in [0.717, 1.165) is 53.6 Å². The molecule has 2 heterocycles. The fraction of sp³-hybridized carbons (Fsp3) is 0.320. The second-order valence-electron chi connectivity index (χ2n) is 8.06. The van der Waals surface area contributed by atoms with Crippen molar-refractivity contribution >= 4 is 5.91 Å². The monoisotopic (exact) mass is 444 g/mol. The van der Waals surface area contributed by atoms with Crippen LogP contribution in [0.1, 0.15) is 55.6 Å². The molecule has 4 rings (SSSR count). The van der Waals surface area contributed by atoms with Crippen LogP contribution in [0.2, 0.25) is 0 Å². The SMILES string of the molecule is CCCCCc1cn(C(=O)CC)c(=O)n1Cc1ccc(-c2ccccc2-c2nnn[nH]2)cc1. The number of benzene rings is 2. The molecule has 0 bridgehead atoms. The summed E-state index contributed by atoms with van der Waals surface area (Å²) in [6.45, 7) is 4.35. The van der Waals surface area contributed by atoms with Gasteiger partial charge in [0.25, 0.3) is 0 Å². The molecule has 0 amide bonds. The Labute approximate surface area is 192 Å². The van der Waals surface area contributed by atoms with Crippen LogP contribution < -0.4 is 5.69 Å². The first-order valence-electron chi connectivity index (χ1n) is 11.4. The third kappa shape index (κ3) is 4.84. The van der Waals surface area contributed by atoms with Crippen molar-refractivity contribution in [3.63, 3.8) is 0 Å². The number of unbranched alkanes of at least 4 members (excludes halogenated alkanes) is 2. The fourth-order valence-corrected chi connectivity index (χ4v) is 3.99. The standard InChI is InChI=1S/C25H28N6O2/c1-3-5-6-9-20-17-31(23(32)4-2)25(33)30(20)16-18-12-14-19(15-13-18)21-10-7-8-11-22(21)24-26-28-29-27-24/h7-8,10-15,17H,3-6,9,16H2,1-2H3,(H,26,27,28,29). The summed E-state index contributed by atoms with van der Waals surface area (Å²) < 4.78 is 2.99.